The Kier molecular flexibility index (Phi) is 6.76. The Morgan fingerprint density at radius 2 is 1.72 bits per heavy atom. The SMILES string of the molecule is O=C(O)CCCC(=O)NNC(=O)COc1ccc2ccccc2c1Br. The molecular weight excluding hydrogens is 392 g/mol. The van der Waals surface area contributed by atoms with Crippen molar-refractivity contribution in [2.45, 2.75) is 19.3 Å². The van der Waals surface area contributed by atoms with E-state index >= 15 is 0 Å². The Morgan fingerprint density at radius 1 is 1.00 bits per heavy atom. The van der Waals surface area contributed by atoms with E-state index in [1.165, 1.54) is 0 Å². The molecule has 0 spiro atoms. The molecule has 2 amide bonds. The number of halogens is 1. The zero-order valence-electron chi connectivity index (χ0n) is 13.3. The largest absolute Gasteiger partial charge is 0.483 e. The molecule has 0 saturated carbocycles. The molecule has 0 fully saturated rings. The Bertz CT molecular complexity index is 794. The molecule has 2 aromatic carbocycles. The van der Waals surface area contributed by atoms with Gasteiger partial charge in [0.15, 0.2) is 6.61 Å². The summed E-state index contributed by atoms with van der Waals surface area (Å²) < 4.78 is 6.21. The van der Waals surface area contributed by atoms with E-state index in [0.29, 0.717) is 5.75 Å². The number of amides is 2. The highest BCUT2D eigenvalue weighted by atomic mass is 79.9. The van der Waals surface area contributed by atoms with Gasteiger partial charge in [0.1, 0.15) is 5.75 Å². The van der Waals surface area contributed by atoms with Crippen LogP contribution in [0.1, 0.15) is 19.3 Å². The minimum atomic E-state index is -0.966. The lowest BCUT2D eigenvalue weighted by atomic mass is 10.1. The summed E-state index contributed by atoms with van der Waals surface area (Å²) in [6, 6.07) is 11.4. The van der Waals surface area contributed by atoms with Gasteiger partial charge in [-0.05, 0) is 39.2 Å². The van der Waals surface area contributed by atoms with Gasteiger partial charge in [0.25, 0.3) is 5.91 Å². The maximum atomic E-state index is 11.7. The van der Waals surface area contributed by atoms with Gasteiger partial charge < -0.3 is 9.84 Å². The van der Waals surface area contributed by atoms with Crippen LogP contribution in [0.5, 0.6) is 5.75 Å². The van der Waals surface area contributed by atoms with E-state index in [0.717, 1.165) is 15.2 Å². The number of hydrogen-bond donors (Lipinski definition) is 3. The summed E-state index contributed by atoms with van der Waals surface area (Å²) in [6.45, 7) is -0.271. The van der Waals surface area contributed by atoms with E-state index in [-0.39, 0.29) is 25.9 Å². The van der Waals surface area contributed by atoms with E-state index in [9.17, 15) is 14.4 Å². The monoisotopic (exact) mass is 408 g/mol. The van der Waals surface area contributed by atoms with Gasteiger partial charge in [0, 0.05) is 12.8 Å². The molecule has 0 radical (unpaired) electrons. The number of ether oxygens (including phenoxy) is 1. The third-order valence-corrected chi connectivity index (χ3v) is 4.14. The number of fused-ring (bicyclic) bond motifs is 1. The molecule has 2 aromatic rings. The zero-order chi connectivity index (χ0) is 18.2. The van der Waals surface area contributed by atoms with Crippen molar-refractivity contribution in [1.29, 1.82) is 0 Å². The Balaban J connectivity index is 1.79. The Labute approximate surface area is 152 Å². The fraction of sp³-hybridized carbons (Fsp3) is 0.235. The molecule has 0 heterocycles. The summed E-state index contributed by atoms with van der Waals surface area (Å²) in [7, 11) is 0. The van der Waals surface area contributed by atoms with Gasteiger partial charge in [-0.25, -0.2) is 0 Å². The minimum Gasteiger partial charge on any atom is -0.483 e. The second kappa shape index (κ2) is 9.03. The summed E-state index contributed by atoms with van der Waals surface area (Å²) in [6.07, 6.45) is 0.127. The van der Waals surface area contributed by atoms with Gasteiger partial charge in [0.2, 0.25) is 5.91 Å². The van der Waals surface area contributed by atoms with Crippen molar-refractivity contribution in [2.24, 2.45) is 0 Å². The maximum Gasteiger partial charge on any atom is 0.303 e. The highest BCUT2D eigenvalue weighted by Crippen LogP contribution is 2.32. The van der Waals surface area contributed by atoms with Crippen molar-refractivity contribution in [1.82, 2.24) is 10.9 Å². The molecule has 132 valence electrons. The zero-order valence-corrected chi connectivity index (χ0v) is 14.8. The third-order valence-electron chi connectivity index (χ3n) is 3.32. The number of nitrogens with one attached hydrogen (secondary N) is 2. The number of carbonyl (C=O) groups excluding carboxylic acids is 2. The van der Waals surface area contributed by atoms with Crippen LogP contribution in [-0.4, -0.2) is 29.5 Å². The normalized spacial score (nSPS) is 10.3. The topological polar surface area (TPSA) is 105 Å². The first kappa shape index (κ1) is 18.7. The first-order valence-corrected chi connectivity index (χ1v) is 8.36. The summed E-state index contributed by atoms with van der Waals surface area (Å²) in [4.78, 5) is 33.5. The molecular formula is C17H17BrN2O5. The van der Waals surface area contributed by atoms with Crippen LogP contribution in [0.2, 0.25) is 0 Å². The lowest BCUT2D eigenvalue weighted by molar-refractivity contribution is -0.137. The lowest BCUT2D eigenvalue weighted by Crippen LogP contribution is -2.43. The molecule has 0 aliphatic carbocycles. The molecule has 0 saturated heterocycles. The second-order valence-electron chi connectivity index (χ2n) is 5.23. The third kappa shape index (κ3) is 5.75. The van der Waals surface area contributed by atoms with Gasteiger partial charge in [0.05, 0.1) is 4.47 Å². The number of carboxylic acids is 1. The molecule has 25 heavy (non-hydrogen) atoms. The van der Waals surface area contributed by atoms with Crippen LogP contribution in [0.3, 0.4) is 0 Å². The molecule has 0 bridgehead atoms. The van der Waals surface area contributed by atoms with Gasteiger partial charge in [-0.15, -0.1) is 0 Å². The van der Waals surface area contributed by atoms with Gasteiger partial charge >= 0.3 is 5.97 Å². The fourth-order valence-electron chi connectivity index (χ4n) is 2.11. The highest BCUT2D eigenvalue weighted by molar-refractivity contribution is 9.10. The summed E-state index contributed by atoms with van der Waals surface area (Å²) in [5.41, 5.74) is 4.43. The molecule has 0 aliphatic rings. The van der Waals surface area contributed by atoms with Crippen LogP contribution in [0.15, 0.2) is 40.9 Å². The average molecular weight is 409 g/mol. The van der Waals surface area contributed by atoms with Crippen molar-refractivity contribution < 1.29 is 24.2 Å². The average Bonchev–Trinajstić information content (AvgIpc) is 2.59. The first-order chi connectivity index (χ1) is 12.0. The summed E-state index contributed by atoms with van der Waals surface area (Å²) >= 11 is 3.46. The van der Waals surface area contributed by atoms with Gasteiger partial charge in [-0.3, -0.25) is 25.2 Å². The van der Waals surface area contributed by atoms with Crippen molar-refractivity contribution in [3.05, 3.63) is 40.9 Å². The van der Waals surface area contributed by atoms with Crippen LogP contribution in [0.4, 0.5) is 0 Å². The first-order valence-electron chi connectivity index (χ1n) is 7.57. The van der Waals surface area contributed by atoms with Crippen molar-refractivity contribution in [3.63, 3.8) is 0 Å². The molecule has 0 aromatic heterocycles. The number of benzene rings is 2. The van der Waals surface area contributed by atoms with Crippen molar-refractivity contribution in [2.75, 3.05) is 6.61 Å². The van der Waals surface area contributed by atoms with Crippen LogP contribution in [0.25, 0.3) is 10.8 Å². The van der Waals surface area contributed by atoms with Crippen LogP contribution in [0, 0.1) is 0 Å². The smallest absolute Gasteiger partial charge is 0.303 e. The Morgan fingerprint density at radius 3 is 2.48 bits per heavy atom. The van der Waals surface area contributed by atoms with Crippen molar-refractivity contribution in [3.8, 4) is 5.75 Å². The quantitative estimate of drug-likeness (QED) is 0.610. The molecule has 0 unspecified atom stereocenters. The molecule has 7 nitrogen and oxygen atoms in total. The molecule has 8 heteroatoms. The van der Waals surface area contributed by atoms with Crippen LogP contribution in [-0.2, 0) is 14.4 Å². The standard InChI is InChI=1S/C17H17BrN2O5/c18-17-12-5-2-1-4-11(12)8-9-13(17)25-10-15(22)20-19-14(21)6-3-7-16(23)24/h1-2,4-5,8-9H,3,6-7,10H2,(H,19,21)(H,20,22)(H,23,24). The van der Waals surface area contributed by atoms with Gasteiger partial charge in [-0.1, -0.05) is 30.3 Å². The molecule has 0 atom stereocenters. The summed E-state index contributed by atoms with van der Waals surface area (Å²) in [5.74, 6) is -1.43. The molecule has 2 rings (SSSR count). The lowest BCUT2D eigenvalue weighted by Gasteiger charge is -2.11. The minimum absolute atomic E-state index is 0.0175. The van der Waals surface area contributed by atoms with E-state index < -0.39 is 17.8 Å². The number of rotatable bonds is 7. The van der Waals surface area contributed by atoms with Crippen LogP contribution < -0.4 is 15.6 Å². The van der Waals surface area contributed by atoms with E-state index in [1.54, 1.807) is 6.07 Å². The second-order valence-corrected chi connectivity index (χ2v) is 6.02. The predicted octanol–water partition coefficient (Wildman–Crippen LogP) is 2.38. The highest BCUT2D eigenvalue weighted by Gasteiger charge is 2.10. The summed E-state index contributed by atoms with van der Waals surface area (Å²) in [5, 5.41) is 10.5. The Hall–Kier alpha value is -2.61. The van der Waals surface area contributed by atoms with Gasteiger partial charge in [-0.2, -0.15) is 0 Å². The van der Waals surface area contributed by atoms with Crippen LogP contribution >= 0.6 is 15.9 Å². The molecule has 3 N–H and O–H groups in total. The van der Waals surface area contributed by atoms with Crippen molar-refractivity contribution >= 4 is 44.5 Å². The fourth-order valence-corrected chi connectivity index (χ4v) is 2.71. The number of hydrazine groups is 1. The number of carboxylic acid groups (broad SMARTS) is 1. The van der Waals surface area contributed by atoms with E-state index in [1.807, 2.05) is 30.3 Å². The number of carbonyl (C=O) groups is 3. The number of hydrogen-bond acceptors (Lipinski definition) is 4. The van der Waals surface area contributed by atoms with E-state index in [2.05, 4.69) is 26.8 Å². The van der Waals surface area contributed by atoms with E-state index in [4.69, 9.17) is 9.84 Å². The molecule has 0 aliphatic heterocycles. The predicted molar refractivity (Wildman–Crippen MR) is 94.9 cm³/mol. The number of aliphatic carboxylic acids is 1. The maximum absolute atomic E-state index is 11.7.